The van der Waals surface area contributed by atoms with Gasteiger partial charge in [-0.15, -0.1) is 10.2 Å². The first-order chi connectivity index (χ1) is 6.35. The van der Waals surface area contributed by atoms with Crippen molar-refractivity contribution in [3.8, 4) is 0 Å². The molecule has 0 amide bonds. The van der Waals surface area contributed by atoms with Crippen molar-refractivity contribution >= 4 is 16.3 Å². The van der Waals surface area contributed by atoms with Gasteiger partial charge < -0.3 is 10.5 Å². The van der Waals surface area contributed by atoms with E-state index in [1.807, 2.05) is 0 Å². The SMILES string of the molecule is COC(CN)c1nn2cnnc2s1. The van der Waals surface area contributed by atoms with E-state index in [1.54, 1.807) is 18.0 Å². The highest BCUT2D eigenvalue weighted by Gasteiger charge is 2.14. The van der Waals surface area contributed by atoms with E-state index >= 15 is 0 Å². The summed E-state index contributed by atoms with van der Waals surface area (Å²) in [4.78, 5) is 0.755. The Balaban J connectivity index is 2.37. The van der Waals surface area contributed by atoms with Gasteiger partial charge in [0.25, 0.3) is 0 Å². The van der Waals surface area contributed by atoms with Gasteiger partial charge in [0.15, 0.2) is 0 Å². The van der Waals surface area contributed by atoms with Crippen LogP contribution in [0.25, 0.3) is 4.96 Å². The van der Waals surface area contributed by atoms with E-state index in [9.17, 15) is 0 Å². The Morgan fingerprint density at radius 3 is 3.23 bits per heavy atom. The standard InChI is InChI=1S/C6H9N5OS/c1-12-4(2-7)5-10-11-3-8-9-6(11)13-5/h3-4H,2,7H2,1H3. The maximum atomic E-state index is 5.50. The molecule has 0 aliphatic heterocycles. The summed E-state index contributed by atoms with van der Waals surface area (Å²) in [6.07, 6.45) is 1.41. The zero-order chi connectivity index (χ0) is 9.26. The second-order valence-corrected chi connectivity index (χ2v) is 3.45. The first-order valence-corrected chi connectivity index (χ1v) is 4.56. The van der Waals surface area contributed by atoms with Crippen LogP contribution in [-0.4, -0.2) is 33.5 Å². The third-order valence-corrected chi connectivity index (χ3v) is 2.68. The van der Waals surface area contributed by atoms with Gasteiger partial charge in [0.2, 0.25) is 4.96 Å². The van der Waals surface area contributed by atoms with Crippen LogP contribution in [0.15, 0.2) is 6.33 Å². The van der Waals surface area contributed by atoms with Crippen LogP contribution >= 0.6 is 11.3 Å². The summed E-state index contributed by atoms with van der Waals surface area (Å²) in [5, 5.41) is 12.6. The molecule has 1 atom stereocenters. The zero-order valence-electron chi connectivity index (χ0n) is 7.04. The molecule has 0 aliphatic rings. The van der Waals surface area contributed by atoms with Gasteiger partial charge in [-0.3, -0.25) is 0 Å². The van der Waals surface area contributed by atoms with E-state index in [2.05, 4.69) is 15.3 Å². The average Bonchev–Trinajstić information content (AvgIpc) is 2.65. The van der Waals surface area contributed by atoms with E-state index in [-0.39, 0.29) is 6.10 Å². The molecule has 0 spiro atoms. The maximum absolute atomic E-state index is 5.50. The lowest BCUT2D eigenvalue weighted by molar-refractivity contribution is 0.109. The highest BCUT2D eigenvalue weighted by atomic mass is 32.1. The van der Waals surface area contributed by atoms with Crippen molar-refractivity contribution in [3.63, 3.8) is 0 Å². The summed E-state index contributed by atoms with van der Waals surface area (Å²) in [6.45, 7) is 0.417. The molecule has 2 aromatic heterocycles. The minimum absolute atomic E-state index is 0.147. The van der Waals surface area contributed by atoms with Crippen molar-refractivity contribution in [3.05, 3.63) is 11.3 Å². The van der Waals surface area contributed by atoms with Gasteiger partial charge in [-0.1, -0.05) is 11.3 Å². The lowest BCUT2D eigenvalue weighted by Crippen LogP contribution is -2.14. The maximum Gasteiger partial charge on any atom is 0.234 e. The number of hydrogen-bond acceptors (Lipinski definition) is 6. The van der Waals surface area contributed by atoms with Crippen molar-refractivity contribution in [2.45, 2.75) is 6.10 Å². The van der Waals surface area contributed by atoms with Crippen LogP contribution in [0.3, 0.4) is 0 Å². The Labute approximate surface area is 78.3 Å². The van der Waals surface area contributed by atoms with Gasteiger partial charge in [-0.2, -0.15) is 9.61 Å². The molecular formula is C6H9N5OS. The zero-order valence-corrected chi connectivity index (χ0v) is 7.86. The molecule has 13 heavy (non-hydrogen) atoms. The van der Waals surface area contributed by atoms with Crippen molar-refractivity contribution in [1.82, 2.24) is 19.8 Å². The van der Waals surface area contributed by atoms with E-state index in [0.717, 1.165) is 9.97 Å². The predicted octanol–water partition coefficient (Wildman–Crippen LogP) is -0.168. The first-order valence-electron chi connectivity index (χ1n) is 3.74. The monoisotopic (exact) mass is 199 g/mol. The highest BCUT2D eigenvalue weighted by molar-refractivity contribution is 7.16. The molecule has 0 bridgehead atoms. The quantitative estimate of drug-likeness (QED) is 0.742. The Kier molecular flexibility index (Phi) is 2.21. The second kappa shape index (κ2) is 3.36. The van der Waals surface area contributed by atoms with E-state index in [4.69, 9.17) is 10.5 Å². The van der Waals surface area contributed by atoms with Crippen LogP contribution in [-0.2, 0) is 4.74 Å². The van der Waals surface area contributed by atoms with Crippen LogP contribution in [0.1, 0.15) is 11.1 Å². The molecule has 0 fully saturated rings. The smallest absolute Gasteiger partial charge is 0.234 e. The van der Waals surface area contributed by atoms with Gasteiger partial charge in [0, 0.05) is 13.7 Å². The number of ether oxygens (including phenoxy) is 1. The topological polar surface area (TPSA) is 78.3 Å². The van der Waals surface area contributed by atoms with Crippen molar-refractivity contribution in [2.24, 2.45) is 5.73 Å². The Bertz CT molecular complexity index is 364. The highest BCUT2D eigenvalue weighted by Crippen LogP contribution is 2.20. The molecule has 0 saturated heterocycles. The number of methoxy groups -OCH3 is 1. The molecule has 6 nitrogen and oxygen atoms in total. The van der Waals surface area contributed by atoms with Gasteiger partial charge >= 0.3 is 0 Å². The Morgan fingerprint density at radius 1 is 1.77 bits per heavy atom. The summed E-state index contributed by atoms with van der Waals surface area (Å²) in [5.41, 5.74) is 5.50. The number of hydrogen-bond donors (Lipinski definition) is 1. The molecule has 2 aromatic rings. The molecule has 70 valence electrons. The third kappa shape index (κ3) is 1.41. The van der Waals surface area contributed by atoms with Crippen molar-refractivity contribution in [1.29, 1.82) is 0 Å². The Morgan fingerprint density at radius 2 is 2.62 bits per heavy atom. The normalized spacial score (nSPS) is 13.7. The number of aromatic nitrogens is 4. The minimum Gasteiger partial charge on any atom is -0.373 e. The lowest BCUT2D eigenvalue weighted by atomic mass is 10.4. The fraction of sp³-hybridized carbons (Fsp3) is 0.500. The summed E-state index contributed by atoms with van der Waals surface area (Å²) in [6, 6.07) is 0. The van der Waals surface area contributed by atoms with Crippen LogP contribution in [0.4, 0.5) is 0 Å². The molecule has 0 radical (unpaired) electrons. The third-order valence-electron chi connectivity index (χ3n) is 1.68. The molecule has 1 unspecified atom stereocenters. The van der Waals surface area contributed by atoms with Gasteiger partial charge in [-0.25, -0.2) is 0 Å². The lowest BCUT2D eigenvalue weighted by Gasteiger charge is -2.06. The van der Waals surface area contributed by atoms with Gasteiger partial charge in [-0.05, 0) is 0 Å². The van der Waals surface area contributed by atoms with Crippen molar-refractivity contribution in [2.75, 3.05) is 13.7 Å². The average molecular weight is 199 g/mol. The molecular weight excluding hydrogens is 190 g/mol. The summed E-state index contributed by atoms with van der Waals surface area (Å²) in [5.74, 6) is 0. The van der Waals surface area contributed by atoms with E-state index in [1.165, 1.54) is 11.3 Å². The fourth-order valence-electron chi connectivity index (χ4n) is 1.00. The minimum atomic E-state index is -0.147. The number of nitrogens with zero attached hydrogens (tertiary/aromatic N) is 4. The summed E-state index contributed by atoms with van der Waals surface area (Å²) < 4.78 is 6.76. The number of nitrogens with two attached hydrogens (primary N) is 1. The molecule has 0 aromatic carbocycles. The van der Waals surface area contributed by atoms with Crippen molar-refractivity contribution < 1.29 is 4.74 Å². The molecule has 7 heteroatoms. The largest absolute Gasteiger partial charge is 0.373 e. The van der Waals surface area contributed by atoms with E-state index < -0.39 is 0 Å². The summed E-state index contributed by atoms with van der Waals surface area (Å²) in [7, 11) is 1.61. The van der Waals surface area contributed by atoms with Crippen LogP contribution < -0.4 is 5.73 Å². The molecule has 2 N–H and O–H groups in total. The number of rotatable bonds is 3. The molecule has 0 saturated carbocycles. The van der Waals surface area contributed by atoms with Crippen LogP contribution in [0, 0.1) is 0 Å². The Hall–Kier alpha value is -1.05. The first kappa shape index (κ1) is 8.54. The molecule has 2 rings (SSSR count). The molecule has 2 heterocycles. The molecule has 0 aliphatic carbocycles. The van der Waals surface area contributed by atoms with Gasteiger partial charge in [0.1, 0.15) is 17.4 Å². The van der Waals surface area contributed by atoms with E-state index in [0.29, 0.717) is 6.54 Å². The number of fused-ring (bicyclic) bond motifs is 1. The van der Waals surface area contributed by atoms with Crippen LogP contribution in [0.5, 0.6) is 0 Å². The second-order valence-electron chi connectivity index (χ2n) is 2.46. The fourth-order valence-corrected chi connectivity index (χ4v) is 1.91. The predicted molar refractivity (Wildman–Crippen MR) is 47.5 cm³/mol. The van der Waals surface area contributed by atoms with Gasteiger partial charge in [0.05, 0.1) is 0 Å². The van der Waals surface area contributed by atoms with Crippen LogP contribution in [0.2, 0.25) is 0 Å². The summed E-state index contributed by atoms with van der Waals surface area (Å²) >= 11 is 1.43.